The zero-order chi connectivity index (χ0) is 21.1. The number of carbonyl (C=O) groups is 1. The van der Waals surface area contributed by atoms with Gasteiger partial charge < -0.3 is 10.4 Å². The van der Waals surface area contributed by atoms with Crippen LogP contribution in [0.5, 0.6) is 5.88 Å². The minimum Gasteiger partial charge on any atom is -0.494 e. The second kappa shape index (κ2) is 8.00. The number of hydrogen-bond donors (Lipinski definition) is 2. The van der Waals surface area contributed by atoms with E-state index in [0.717, 1.165) is 0 Å². The molecule has 1 amide bonds. The molecule has 0 unspecified atom stereocenters. The van der Waals surface area contributed by atoms with Gasteiger partial charge in [-0.1, -0.05) is 24.3 Å². The third kappa shape index (κ3) is 3.44. The molecule has 0 atom stereocenters. The molecule has 0 fully saturated rings. The van der Waals surface area contributed by atoms with Crippen LogP contribution in [-0.2, 0) is 0 Å². The maximum Gasteiger partial charge on any atom is 0.267 e. The van der Waals surface area contributed by atoms with Gasteiger partial charge in [0.1, 0.15) is 5.82 Å². The minimum absolute atomic E-state index is 0.184. The van der Waals surface area contributed by atoms with Gasteiger partial charge in [-0.3, -0.25) is 14.6 Å². The van der Waals surface area contributed by atoms with Crippen molar-refractivity contribution in [1.82, 2.24) is 14.9 Å². The Morgan fingerprint density at radius 2 is 1.73 bits per heavy atom. The van der Waals surface area contributed by atoms with Crippen molar-refractivity contribution in [2.24, 2.45) is 4.99 Å². The number of benzene rings is 2. The van der Waals surface area contributed by atoms with Crippen molar-refractivity contribution in [3.63, 3.8) is 0 Å². The van der Waals surface area contributed by atoms with E-state index in [1.54, 1.807) is 80.0 Å². The highest BCUT2D eigenvalue weighted by atomic mass is 16.3. The van der Waals surface area contributed by atoms with Crippen LogP contribution in [0.15, 0.2) is 82.7 Å². The van der Waals surface area contributed by atoms with E-state index in [2.05, 4.69) is 15.3 Å². The summed E-state index contributed by atoms with van der Waals surface area (Å²) < 4.78 is 1.17. The summed E-state index contributed by atoms with van der Waals surface area (Å²) in [4.78, 5) is 33.3. The molecule has 2 aromatic carbocycles. The zero-order valence-corrected chi connectivity index (χ0v) is 16.1. The lowest BCUT2D eigenvalue weighted by Gasteiger charge is -2.12. The van der Waals surface area contributed by atoms with E-state index in [1.165, 1.54) is 10.8 Å². The highest BCUT2D eigenvalue weighted by molar-refractivity contribution is 6.02. The highest BCUT2D eigenvalue weighted by Crippen LogP contribution is 2.26. The van der Waals surface area contributed by atoms with Crippen LogP contribution < -0.4 is 10.9 Å². The maximum atomic E-state index is 13.0. The van der Waals surface area contributed by atoms with Gasteiger partial charge in [0.15, 0.2) is 0 Å². The first-order valence-corrected chi connectivity index (χ1v) is 9.24. The number of hydrogen-bond acceptors (Lipinski definition) is 5. The molecule has 0 saturated heterocycles. The second-order valence-corrected chi connectivity index (χ2v) is 6.50. The standard InChI is InChI=1S/C23H18N4O3/c1-24-21(28)15-9-11-16(12-10-15)26-14-19-17-6-2-3-7-18(17)22(29)27(23(19)30)20-8-4-5-13-25-20/h2-14,30H,1H3,(H,24,28). The van der Waals surface area contributed by atoms with Crippen LogP contribution >= 0.6 is 0 Å². The van der Waals surface area contributed by atoms with E-state index in [1.807, 2.05) is 0 Å². The van der Waals surface area contributed by atoms with Crippen molar-refractivity contribution in [2.75, 3.05) is 7.05 Å². The Morgan fingerprint density at radius 3 is 2.40 bits per heavy atom. The number of aromatic hydroxyl groups is 1. The molecule has 0 aliphatic rings. The lowest BCUT2D eigenvalue weighted by atomic mass is 10.1. The Kier molecular flexibility index (Phi) is 5.09. The van der Waals surface area contributed by atoms with Crippen molar-refractivity contribution < 1.29 is 9.90 Å². The van der Waals surface area contributed by atoms with Gasteiger partial charge in [-0.25, -0.2) is 9.55 Å². The van der Waals surface area contributed by atoms with Gasteiger partial charge in [0.2, 0.25) is 5.88 Å². The lowest BCUT2D eigenvalue weighted by Crippen LogP contribution is -2.20. The molecule has 7 nitrogen and oxygen atoms in total. The van der Waals surface area contributed by atoms with Crippen LogP contribution in [-0.4, -0.2) is 33.8 Å². The lowest BCUT2D eigenvalue weighted by molar-refractivity contribution is 0.0963. The predicted molar refractivity (Wildman–Crippen MR) is 116 cm³/mol. The third-order valence-electron chi connectivity index (χ3n) is 4.68. The van der Waals surface area contributed by atoms with Gasteiger partial charge in [0, 0.05) is 35.8 Å². The Bertz CT molecular complexity index is 1310. The first-order chi connectivity index (χ1) is 14.6. The molecule has 4 rings (SSSR count). The summed E-state index contributed by atoms with van der Waals surface area (Å²) in [6, 6.07) is 18.9. The van der Waals surface area contributed by atoms with Gasteiger partial charge in [0.05, 0.1) is 11.3 Å². The van der Waals surface area contributed by atoms with E-state index in [9.17, 15) is 14.7 Å². The van der Waals surface area contributed by atoms with Gasteiger partial charge in [-0.15, -0.1) is 0 Å². The molecule has 4 aromatic rings. The van der Waals surface area contributed by atoms with E-state index >= 15 is 0 Å². The van der Waals surface area contributed by atoms with Crippen molar-refractivity contribution in [1.29, 1.82) is 0 Å². The summed E-state index contributed by atoms with van der Waals surface area (Å²) in [5.74, 6) is -0.116. The second-order valence-electron chi connectivity index (χ2n) is 6.50. The first-order valence-electron chi connectivity index (χ1n) is 9.24. The van der Waals surface area contributed by atoms with Crippen molar-refractivity contribution in [3.05, 3.63) is 94.4 Å². The first kappa shape index (κ1) is 19.1. The Balaban J connectivity index is 1.85. The average molecular weight is 398 g/mol. The number of nitrogens with one attached hydrogen (secondary N) is 1. The smallest absolute Gasteiger partial charge is 0.267 e. The highest BCUT2D eigenvalue weighted by Gasteiger charge is 2.16. The van der Waals surface area contributed by atoms with Crippen molar-refractivity contribution in [3.8, 4) is 11.7 Å². The predicted octanol–water partition coefficient (Wildman–Crippen LogP) is 3.20. The van der Waals surface area contributed by atoms with Gasteiger partial charge in [-0.2, -0.15) is 0 Å². The van der Waals surface area contributed by atoms with Crippen LogP contribution in [0.3, 0.4) is 0 Å². The van der Waals surface area contributed by atoms with Crippen LogP contribution in [0, 0.1) is 0 Å². The van der Waals surface area contributed by atoms with Crippen LogP contribution in [0.25, 0.3) is 16.6 Å². The molecule has 0 radical (unpaired) electrons. The molecule has 2 N–H and O–H groups in total. The fourth-order valence-electron chi connectivity index (χ4n) is 3.17. The van der Waals surface area contributed by atoms with Crippen molar-refractivity contribution >= 4 is 28.6 Å². The molecule has 0 spiro atoms. The number of fused-ring (bicyclic) bond motifs is 1. The molecule has 0 bridgehead atoms. The maximum absolute atomic E-state index is 13.0. The molecule has 2 heterocycles. The molecular weight excluding hydrogens is 380 g/mol. The molecule has 7 heteroatoms. The number of pyridine rings is 2. The summed E-state index contributed by atoms with van der Waals surface area (Å²) in [6.45, 7) is 0. The quantitative estimate of drug-likeness (QED) is 0.516. The third-order valence-corrected chi connectivity index (χ3v) is 4.68. The van der Waals surface area contributed by atoms with Gasteiger partial charge in [0.25, 0.3) is 11.5 Å². The number of aliphatic imine (C=N–C) groups is 1. The summed E-state index contributed by atoms with van der Waals surface area (Å²) >= 11 is 0. The normalized spacial score (nSPS) is 11.1. The Hall–Kier alpha value is -4.26. The average Bonchev–Trinajstić information content (AvgIpc) is 2.79. The monoisotopic (exact) mass is 398 g/mol. The Labute approximate surface area is 172 Å². The van der Waals surface area contributed by atoms with E-state index < -0.39 is 0 Å². The van der Waals surface area contributed by atoms with Crippen LogP contribution in [0.1, 0.15) is 15.9 Å². The number of carbonyl (C=O) groups excluding carboxylic acids is 1. The molecule has 30 heavy (non-hydrogen) atoms. The number of aromatic nitrogens is 2. The summed E-state index contributed by atoms with van der Waals surface area (Å²) in [6.07, 6.45) is 3.06. The summed E-state index contributed by atoms with van der Waals surface area (Å²) in [7, 11) is 1.57. The fourth-order valence-corrected chi connectivity index (χ4v) is 3.17. The summed E-state index contributed by atoms with van der Waals surface area (Å²) in [5.41, 5.74) is 1.15. The van der Waals surface area contributed by atoms with Gasteiger partial charge >= 0.3 is 0 Å². The molecule has 0 saturated carbocycles. The molecule has 148 valence electrons. The SMILES string of the molecule is CNC(=O)c1ccc(N=Cc2c(O)n(-c3ccccn3)c(=O)c3ccccc23)cc1. The van der Waals surface area contributed by atoms with E-state index in [-0.39, 0.29) is 17.3 Å². The number of nitrogens with zero attached hydrogens (tertiary/aromatic N) is 3. The zero-order valence-electron chi connectivity index (χ0n) is 16.1. The minimum atomic E-state index is -0.367. The topological polar surface area (TPSA) is 96.6 Å². The molecule has 2 aromatic heterocycles. The van der Waals surface area contributed by atoms with Crippen LogP contribution in [0.4, 0.5) is 5.69 Å². The molecule has 0 aliphatic heterocycles. The van der Waals surface area contributed by atoms with Crippen molar-refractivity contribution in [2.45, 2.75) is 0 Å². The summed E-state index contributed by atoms with van der Waals surface area (Å²) in [5, 5.41) is 14.5. The van der Waals surface area contributed by atoms with E-state index in [0.29, 0.717) is 33.4 Å². The van der Waals surface area contributed by atoms with Crippen LogP contribution in [0.2, 0.25) is 0 Å². The molecule has 0 aliphatic carbocycles. The fraction of sp³-hybridized carbons (Fsp3) is 0.0435. The number of rotatable bonds is 4. The van der Waals surface area contributed by atoms with Gasteiger partial charge in [-0.05, 0) is 42.5 Å². The molecular formula is C23H18N4O3. The Morgan fingerprint density at radius 1 is 1.03 bits per heavy atom. The van der Waals surface area contributed by atoms with E-state index in [4.69, 9.17) is 0 Å². The largest absolute Gasteiger partial charge is 0.494 e. The number of amides is 1.